The summed E-state index contributed by atoms with van der Waals surface area (Å²) >= 11 is 1.26. The molecule has 1 aliphatic rings. The Morgan fingerprint density at radius 3 is 2.39 bits per heavy atom. The molecule has 0 radical (unpaired) electrons. The molecule has 0 aliphatic carbocycles. The molecule has 0 amide bonds. The van der Waals surface area contributed by atoms with Gasteiger partial charge in [0.05, 0.1) is 16.6 Å². The molecule has 0 aromatic heterocycles. The van der Waals surface area contributed by atoms with Gasteiger partial charge in [-0.25, -0.2) is 4.99 Å². The summed E-state index contributed by atoms with van der Waals surface area (Å²) < 4.78 is 38.3. The van der Waals surface area contributed by atoms with Gasteiger partial charge in [0.25, 0.3) is 0 Å². The standard InChI is InChI=1S/C16H6F3N3S/c17-16(18,19)11-2-4-14-13(6-11)22-12-3-1-9(5-15(12)23-14)10(7-20)8-21/h1-6H. The largest absolute Gasteiger partial charge is 0.416 e. The lowest BCUT2D eigenvalue weighted by molar-refractivity contribution is -0.137. The van der Waals surface area contributed by atoms with Crippen LogP contribution in [0, 0.1) is 22.7 Å². The van der Waals surface area contributed by atoms with Crippen LogP contribution in [0.15, 0.2) is 51.2 Å². The van der Waals surface area contributed by atoms with Crippen molar-refractivity contribution in [3.63, 3.8) is 0 Å². The molecule has 23 heavy (non-hydrogen) atoms. The fourth-order valence-corrected chi connectivity index (χ4v) is 3.10. The Labute approximate surface area is 133 Å². The Kier molecular flexibility index (Phi) is 3.59. The molecule has 0 bridgehead atoms. The average molecular weight is 329 g/mol. The third kappa shape index (κ3) is 2.79. The summed E-state index contributed by atoms with van der Waals surface area (Å²) in [5.41, 5.74) is -0.508. The summed E-state index contributed by atoms with van der Waals surface area (Å²) in [5.74, 6) is 0. The second-order valence-corrected chi connectivity index (χ2v) is 5.76. The van der Waals surface area contributed by atoms with E-state index in [9.17, 15) is 13.2 Å². The molecule has 2 aromatic carbocycles. The number of nitriles is 2. The number of rotatable bonds is 0. The van der Waals surface area contributed by atoms with Crippen LogP contribution < -0.4 is 10.6 Å². The summed E-state index contributed by atoms with van der Waals surface area (Å²) in [5, 5.41) is 18.8. The van der Waals surface area contributed by atoms with Gasteiger partial charge in [0, 0.05) is 15.0 Å². The lowest BCUT2D eigenvalue weighted by atomic mass is 10.2. The lowest BCUT2D eigenvalue weighted by Crippen LogP contribution is -2.15. The minimum atomic E-state index is -4.41. The number of fused-ring (bicyclic) bond motifs is 2. The van der Waals surface area contributed by atoms with Gasteiger partial charge in [-0.2, -0.15) is 23.7 Å². The van der Waals surface area contributed by atoms with E-state index in [1.54, 1.807) is 18.2 Å². The molecule has 3 nitrogen and oxygen atoms in total. The van der Waals surface area contributed by atoms with Gasteiger partial charge in [0.1, 0.15) is 17.7 Å². The first-order chi connectivity index (χ1) is 10.9. The van der Waals surface area contributed by atoms with Crippen molar-refractivity contribution in [2.45, 2.75) is 16.0 Å². The summed E-state index contributed by atoms with van der Waals surface area (Å²) in [7, 11) is 0. The monoisotopic (exact) mass is 329 g/mol. The van der Waals surface area contributed by atoms with Crippen LogP contribution >= 0.6 is 11.8 Å². The highest BCUT2D eigenvalue weighted by atomic mass is 32.2. The predicted molar refractivity (Wildman–Crippen MR) is 77.1 cm³/mol. The highest BCUT2D eigenvalue weighted by Crippen LogP contribution is 2.40. The van der Waals surface area contributed by atoms with Gasteiger partial charge in [-0.05, 0) is 30.3 Å². The summed E-state index contributed by atoms with van der Waals surface area (Å²) in [6.45, 7) is 0. The van der Waals surface area contributed by atoms with Gasteiger partial charge in [-0.1, -0.05) is 17.8 Å². The maximum atomic E-state index is 12.8. The number of hydrogen-bond donors (Lipinski definition) is 0. The lowest BCUT2D eigenvalue weighted by Gasteiger charge is -2.14. The molecule has 0 fully saturated rings. The van der Waals surface area contributed by atoms with Crippen LogP contribution in [-0.2, 0) is 6.18 Å². The van der Waals surface area contributed by atoms with Gasteiger partial charge in [-0.15, -0.1) is 0 Å². The first-order valence-corrected chi connectivity index (χ1v) is 7.16. The van der Waals surface area contributed by atoms with Crippen LogP contribution in [0.5, 0.6) is 0 Å². The van der Waals surface area contributed by atoms with Crippen LogP contribution in [-0.4, -0.2) is 0 Å². The molecule has 0 unspecified atom stereocenters. The predicted octanol–water partition coefficient (Wildman–Crippen LogP) is 3.32. The van der Waals surface area contributed by atoms with Crippen molar-refractivity contribution >= 4 is 23.0 Å². The molecule has 0 spiro atoms. The van der Waals surface area contributed by atoms with Crippen molar-refractivity contribution < 1.29 is 13.2 Å². The molecule has 0 atom stereocenters. The van der Waals surface area contributed by atoms with E-state index in [1.807, 2.05) is 12.1 Å². The van der Waals surface area contributed by atoms with Crippen molar-refractivity contribution in [3.05, 3.63) is 52.5 Å². The maximum absolute atomic E-state index is 12.8. The van der Waals surface area contributed by atoms with Crippen LogP contribution in [0.3, 0.4) is 0 Å². The van der Waals surface area contributed by atoms with Crippen molar-refractivity contribution in [2.24, 2.45) is 4.99 Å². The second kappa shape index (κ2) is 5.45. The minimum absolute atomic E-state index is 0.0217. The Bertz CT molecular complexity index is 995. The zero-order chi connectivity index (χ0) is 16.6. The Hall–Kier alpha value is -2.77. The van der Waals surface area contributed by atoms with Gasteiger partial charge in [0.15, 0.2) is 0 Å². The number of benzene rings is 2. The molecule has 1 heterocycles. The zero-order valence-electron chi connectivity index (χ0n) is 11.3. The fraction of sp³-hybridized carbons (Fsp3) is 0.0625. The van der Waals surface area contributed by atoms with Crippen molar-refractivity contribution in [1.82, 2.24) is 0 Å². The number of nitrogens with zero attached hydrogens (tertiary/aromatic N) is 3. The SMILES string of the molecule is N#CC(C#N)=c1ccc2c(c1)Sc1ccc(C(F)(F)F)cc1N=2. The van der Waals surface area contributed by atoms with E-state index in [1.165, 1.54) is 17.8 Å². The van der Waals surface area contributed by atoms with Gasteiger partial charge >= 0.3 is 6.18 Å². The minimum Gasteiger partial charge on any atom is -0.247 e. The Balaban J connectivity index is 2.18. The van der Waals surface area contributed by atoms with Crippen LogP contribution in [0.2, 0.25) is 0 Å². The van der Waals surface area contributed by atoms with E-state index in [4.69, 9.17) is 10.5 Å². The van der Waals surface area contributed by atoms with Gasteiger partial charge in [-0.3, -0.25) is 0 Å². The third-order valence-electron chi connectivity index (χ3n) is 3.22. The molecule has 0 saturated carbocycles. The molecule has 2 aromatic rings. The first kappa shape index (κ1) is 15.1. The zero-order valence-corrected chi connectivity index (χ0v) is 12.2. The molecule has 3 rings (SSSR count). The van der Waals surface area contributed by atoms with E-state index < -0.39 is 11.7 Å². The van der Waals surface area contributed by atoms with Crippen LogP contribution in [0.1, 0.15) is 5.56 Å². The summed E-state index contributed by atoms with van der Waals surface area (Å²) in [6, 6.07) is 11.8. The van der Waals surface area contributed by atoms with Gasteiger partial charge < -0.3 is 0 Å². The molecular weight excluding hydrogens is 323 g/mol. The topological polar surface area (TPSA) is 59.9 Å². The number of hydrogen-bond acceptors (Lipinski definition) is 4. The van der Waals surface area contributed by atoms with E-state index in [0.717, 1.165) is 12.1 Å². The second-order valence-electron chi connectivity index (χ2n) is 4.68. The molecule has 7 heteroatoms. The normalized spacial score (nSPS) is 12.2. The van der Waals surface area contributed by atoms with Crippen LogP contribution in [0.4, 0.5) is 18.9 Å². The van der Waals surface area contributed by atoms with E-state index in [0.29, 0.717) is 20.4 Å². The molecule has 1 aliphatic heterocycles. The molecule has 0 saturated heterocycles. The molecule has 112 valence electrons. The van der Waals surface area contributed by atoms with E-state index in [-0.39, 0.29) is 11.3 Å². The average Bonchev–Trinajstić information content (AvgIpc) is 2.52. The number of halogens is 3. The highest BCUT2D eigenvalue weighted by molar-refractivity contribution is 7.99. The highest BCUT2D eigenvalue weighted by Gasteiger charge is 2.31. The van der Waals surface area contributed by atoms with Gasteiger partial charge in [0.2, 0.25) is 0 Å². The quantitative estimate of drug-likeness (QED) is 0.636. The first-order valence-electron chi connectivity index (χ1n) is 6.35. The van der Waals surface area contributed by atoms with Crippen molar-refractivity contribution in [1.29, 1.82) is 10.5 Å². The van der Waals surface area contributed by atoms with Crippen LogP contribution in [0.25, 0.3) is 5.57 Å². The van der Waals surface area contributed by atoms with Crippen molar-refractivity contribution in [2.75, 3.05) is 0 Å². The summed E-state index contributed by atoms with van der Waals surface area (Å²) in [6.07, 6.45) is -4.41. The smallest absolute Gasteiger partial charge is 0.247 e. The fourth-order valence-electron chi connectivity index (χ4n) is 2.11. The Morgan fingerprint density at radius 1 is 1.00 bits per heavy atom. The summed E-state index contributed by atoms with van der Waals surface area (Å²) in [4.78, 5) is 5.53. The maximum Gasteiger partial charge on any atom is 0.416 e. The Morgan fingerprint density at radius 2 is 1.74 bits per heavy atom. The number of alkyl halides is 3. The van der Waals surface area contributed by atoms with E-state index in [2.05, 4.69) is 4.99 Å². The molecule has 0 N–H and O–H groups in total. The van der Waals surface area contributed by atoms with E-state index >= 15 is 0 Å². The third-order valence-corrected chi connectivity index (χ3v) is 4.33. The molecular formula is C16H6F3N3S. The van der Waals surface area contributed by atoms with Crippen molar-refractivity contribution in [3.8, 4) is 12.1 Å².